The molecule has 3 aliphatic rings. The van der Waals surface area contributed by atoms with E-state index in [1.165, 1.54) is 28.9 Å². The molecule has 3 fully saturated rings. The number of anilines is 1. The van der Waals surface area contributed by atoms with Gasteiger partial charge in [0.15, 0.2) is 0 Å². The Morgan fingerprint density at radius 3 is 2.25 bits per heavy atom. The number of aryl methyl sites for hydroxylation is 2. The number of hydrogen-bond acceptors (Lipinski definition) is 5. The zero-order valence-electron chi connectivity index (χ0n) is 21.0. The number of hydrogen-bond donors (Lipinski definition) is 0. The van der Waals surface area contributed by atoms with Gasteiger partial charge < -0.3 is 14.7 Å². The van der Waals surface area contributed by atoms with Gasteiger partial charge in [0.25, 0.3) is 10.0 Å². The summed E-state index contributed by atoms with van der Waals surface area (Å²) in [5.74, 6) is -0.151. The number of carbonyl (C=O) groups excluding carboxylic acids is 2. The average molecular weight is 511 g/mol. The lowest BCUT2D eigenvalue weighted by atomic mass is 10.1. The van der Waals surface area contributed by atoms with E-state index in [0.717, 1.165) is 30.0 Å². The first kappa shape index (κ1) is 24.6. The summed E-state index contributed by atoms with van der Waals surface area (Å²) in [6, 6.07) is 12.9. The van der Waals surface area contributed by atoms with E-state index in [4.69, 9.17) is 0 Å². The van der Waals surface area contributed by atoms with E-state index >= 15 is 0 Å². The van der Waals surface area contributed by atoms with Gasteiger partial charge in [-0.25, -0.2) is 17.5 Å². The minimum Gasteiger partial charge on any atom is -0.368 e. The van der Waals surface area contributed by atoms with Crippen LogP contribution in [-0.2, 0) is 14.8 Å². The molecule has 0 aromatic heterocycles. The topological polar surface area (TPSA) is 81.2 Å². The molecule has 0 radical (unpaired) electrons. The van der Waals surface area contributed by atoms with Gasteiger partial charge in [-0.2, -0.15) is 0 Å². The molecule has 3 amide bonds. The average Bonchev–Trinajstić information content (AvgIpc) is 3.53. The van der Waals surface area contributed by atoms with Gasteiger partial charge in [-0.3, -0.25) is 4.79 Å². The van der Waals surface area contributed by atoms with Crippen molar-refractivity contribution in [3.8, 4) is 0 Å². The van der Waals surface area contributed by atoms with Crippen LogP contribution in [0.2, 0.25) is 0 Å². The highest BCUT2D eigenvalue weighted by Gasteiger charge is 2.51. The van der Waals surface area contributed by atoms with Gasteiger partial charge in [0.2, 0.25) is 5.91 Å². The second-order valence-corrected chi connectivity index (χ2v) is 12.0. The maximum absolute atomic E-state index is 13.8. The minimum absolute atomic E-state index is 0.0694. The van der Waals surface area contributed by atoms with Gasteiger partial charge in [0.1, 0.15) is 6.04 Å². The Morgan fingerprint density at radius 2 is 1.58 bits per heavy atom. The zero-order valence-corrected chi connectivity index (χ0v) is 21.8. The lowest BCUT2D eigenvalue weighted by Gasteiger charge is -2.39. The summed E-state index contributed by atoms with van der Waals surface area (Å²) >= 11 is 0. The second kappa shape index (κ2) is 9.76. The van der Waals surface area contributed by atoms with Crippen LogP contribution < -0.4 is 4.90 Å². The number of amides is 3. The molecular weight excluding hydrogens is 476 g/mol. The van der Waals surface area contributed by atoms with Crippen LogP contribution >= 0.6 is 0 Å². The third kappa shape index (κ3) is 4.45. The van der Waals surface area contributed by atoms with Gasteiger partial charge in [0.05, 0.1) is 11.4 Å². The number of benzene rings is 2. The number of carbonyl (C=O) groups is 2. The van der Waals surface area contributed by atoms with Crippen LogP contribution in [0.4, 0.5) is 10.5 Å². The van der Waals surface area contributed by atoms with E-state index < -0.39 is 22.1 Å². The summed E-state index contributed by atoms with van der Waals surface area (Å²) in [4.78, 5) is 33.0. The molecule has 36 heavy (non-hydrogen) atoms. The second-order valence-electron chi connectivity index (χ2n) is 10.1. The van der Waals surface area contributed by atoms with Crippen molar-refractivity contribution in [1.29, 1.82) is 0 Å². The maximum atomic E-state index is 13.8. The van der Waals surface area contributed by atoms with Crippen LogP contribution in [0.1, 0.15) is 36.8 Å². The summed E-state index contributed by atoms with van der Waals surface area (Å²) in [5.41, 5.74) is 3.59. The molecule has 1 aliphatic carbocycles. The molecule has 2 aromatic carbocycles. The van der Waals surface area contributed by atoms with Crippen molar-refractivity contribution >= 4 is 27.6 Å². The molecule has 2 aliphatic heterocycles. The van der Waals surface area contributed by atoms with Crippen LogP contribution in [0.25, 0.3) is 0 Å². The fourth-order valence-electron chi connectivity index (χ4n) is 5.73. The van der Waals surface area contributed by atoms with Crippen molar-refractivity contribution in [3.05, 3.63) is 59.7 Å². The van der Waals surface area contributed by atoms with E-state index in [1.807, 2.05) is 0 Å². The normalized spacial score (nSPS) is 21.5. The maximum Gasteiger partial charge on any atom is 0.335 e. The Kier molecular flexibility index (Phi) is 6.68. The Hall–Kier alpha value is -3.07. The van der Waals surface area contributed by atoms with Crippen LogP contribution in [0.3, 0.4) is 0 Å². The van der Waals surface area contributed by atoms with E-state index in [9.17, 15) is 18.0 Å². The number of sulfonamides is 1. The molecule has 2 aromatic rings. The molecule has 2 heterocycles. The molecule has 9 heteroatoms. The van der Waals surface area contributed by atoms with Crippen molar-refractivity contribution in [3.63, 3.8) is 0 Å². The number of rotatable bonds is 5. The Morgan fingerprint density at radius 1 is 0.917 bits per heavy atom. The lowest BCUT2D eigenvalue weighted by Crippen LogP contribution is -2.56. The fourth-order valence-corrected chi connectivity index (χ4v) is 7.13. The third-order valence-electron chi connectivity index (χ3n) is 7.74. The first-order valence-corrected chi connectivity index (χ1v) is 14.2. The Labute approximate surface area is 213 Å². The predicted molar refractivity (Wildman–Crippen MR) is 138 cm³/mol. The SMILES string of the molecule is Cc1ccc(C)c(N2CCN(C(=O)C3CN(S(=O)(=O)c4ccccc4)C(=O)N3C3CCCC3)CC2)c1. The van der Waals surface area contributed by atoms with Gasteiger partial charge >= 0.3 is 6.03 Å². The molecule has 0 N–H and O–H groups in total. The Balaban J connectivity index is 1.36. The minimum atomic E-state index is -4.04. The van der Waals surface area contributed by atoms with Crippen LogP contribution in [-0.4, -0.2) is 79.3 Å². The van der Waals surface area contributed by atoms with Gasteiger partial charge in [0, 0.05) is 37.9 Å². The van der Waals surface area contributed by atoms with E-state index in [2.05, 4.69) is 36.9 Å². The standard InChI is InChI=1S/C27H34N4O4S/c1-20-12-13-21(2)24(18-20)28-14-16-29(17-15-28)26(32)25-19-30(27(33)31(25)22-8-6-7-9-22)36(34,35)23-10-4-3-5-11-23/h3-5,10-13,18,22,25H,6-9,14-17,19H2,1-2H3. The molecule has 1 atom stereocenters. The summed E-state index contributed by atoms with van der Waals surface area (Å²) in [5, 5.41) is 0. The summed E-state index contributed by atoms with van der Waals surface area (Å²) in [6.45, 7) is 6.52. The number of piperazine rings is 1. The van der Waals surface area contributed by atoms with Crippen molar-refractivity contribution in [2.75, 3.05) is 37.6 Å². The highest BCUT2D eigenvalue weighted by molar-refractivity contribution is 7.89. The van der Waals surface area contributed by atoms with Crippen molar-refractivity contribution in [2.45, 2.75) is 56.5 Å². The zero-order chi connectivity index (χ0) is 25.4. The molecule has 2 saturated heterocycles. The smallest absolute Gasteiger partial charge is 0.335 e. The van der Waals surface area contributed by atoms with Crippen LogP contribution in [0.15, 0.2) is 53.4 Å². The van der Waals surface area contributed by atoms with E-state index in [1.54, 1.807) is 28.0 Å². The van der Waals surface area contributed by atoms with Crippen molar-refractivity contribution < 1.29 is 18.0 Å². The largest absolute Gasteiger partial charge is 0.368 e. The van der Waals surface area contributed by atoms with Crippen molar-refractivity contribution in [2.24, 2.45) is 0 Å². The molecule has 8 nitrogen and oxygen atoms in total. The molecular formula is C27H34N4O4S. The molecule has 0 spiro atoms. The molecule has 192 valence electrons. The van der Waals surface area contributed by atoms with E-state index in [-0.39, 0.29) is 23.4 Å². The van der Waals surface area contributed by atoms with Crippen LogP contribution in [0.5, 0.6) is 0 Å². The molecule has 0 bridgehead atoms. The highest BCUT2D eigenvalue weighted by atomic mass is 32.2. The van der Waals surface area contributed by atoms with Gasteiger partial charge in [-0.15, -0.1) is 0 Å². The number of nitrogens with zero attached hydrogens (tertiary/aromatic N) is 4. The number of urea groups is 1. The molecule has 5 rings (SSSR count). The molecule has 1 unspecified atom stereocenters. The van der Waals surface area contributed by atoms with Crippen molar-refractivity contribution in [1.82, 2.24) is 14.1 Å². The lowest BCUT2D eigenvalue weighted by molar-refractivity contribution is -0.136. The predicted octanol–water partition coefficient (Wildman–Crippen LogP) is 3.39. The van der Waals surface area contributed by atoms with Gasteiger partial charge in [-0.05, 0) is 56.0 Å². The summed E-state index contributed by atoms with van der Waals surface area (Å²) < 4.78 is 27.6. The monoisotopic (exact) mass is 510 g/mol. The first-order valence-electron chi connectivity index (χ1n) is 12.8. The van der Waals surface area contributed by atoms with Gasteiger partial charge in [-0.1, -0.05) is 43.2 Å². The quantitative estimate of drug-likeness (QED) is 0.616. The third-order valence-corrected chi connectivity index (χ3v) is 9.49. The first-order chi connectivity index (χ1) is 17.3. The summed E-state index contributed by atoms with van der Waals surface area (Å²) in [6.07, 6.45) is 3.56. The Bertz CT molecular complexity index is 1240. The van der Waals surface area contributed by atoms with Crippen LogP contribution in [0, 0.1) is 13.8 Å². The van der Waals surface area contributed by atoms with E-state index in [0.29, 0.717) is 26.2 Å². The highest BCUT2D eigenvalue weighted by Crippen LogP contribution is 2.33. The summed E-state index contributed by atoms with van der Waals surface area (Å²) in [7, 11) is -4.04. The molecule has 1 saturated carbocycles. The fraction of sp³-hybridized carbons (Fsp3) is 0.481.